The Morgan fingerprint density at radius 1 is 1.40 bits per heavy atom. The van der Waals surface area contributed by atoms with Crippen LogP contribution >= 0.6 is 0 Å². The molecule has 1 aromatic carbocycles. The zero-order valence-corrected chi connectivity index (χ0v) is 12.2. The van der Waals surface area contributed by atoms with E-state index < -0.39 is 16.0 Å². The van der Waals surface area contributed by atoms with Gasteiger partial charge in [0.2, 0.25) is 10.0 Å². The van der Waals surface area contributed by atoms with Crippen molar-refractivity contribution in [3.8, 4) is 0 Å². The van der Waals surface area contributed by atoms with Crippen LogP contribution in [0.25, 0.3) is 0 Å². The quantitative estimate of drug-likeness (QED) is 0.641. The lowest BCUT2D eigenvalue weighted by Crippen LogP contribution is -2.43. The van der Waals surface area contributed by atoms with Gasteiger partial charge in [0.15, 0.2) is 0 Å². The van der Waals surface area contributed by atoms with E-state index in [2.05, 4.69) is 16.4 Å². The summed E-state index contributed by atoms with van der Waals surface area (Å²) in [6.45, 7) is 2.07. The van der Waals surface area contributed by atoms with Crippen molar-refractivity contribution < 1.29 is 17.9 Å². The number of hydrogen-bond donors (Lipinski definition) is 2. The van der Waals surface area contributed by atoms with E-state index >= 15 is 0 Å². The molecule has 1 fully saturated rings. The molecule has 1 aliphatic carbocycles. The third-order valence-electron chi connectivity index (χ3n) is 3.42. The predicted molar refractivity (Wildman–Crippen MR) is 74.7 cm³/mol. The van der Waals surface area contributed by atoms with Crippen LogP contribution in [0.3, 0.4) is 0 Å². The summed E-state index contributed by atoms with van der Waals surface area (Å²) in [6.07, 6.45) is 1.67. The van der Waals surface area contributed by atoms with E-state index in [0.29, 0.717) is 5.92 Å². The van der Waals surface area contributed by atoms with Crippen molar-refractivity contribution in [1.82, 2.24) is 4.72 Å². The fourth-order valence-corrected chi connectivity index (χ4v) is 3.69. The number of nitrogen functional groups attached to an aromatic ring is 1. The van der Waals surface area contributed by atoms with E-state index in [1.807, 2.05) is 0 Å². The van der Waals surface area contributed by atoms with Gasteiger partial charge in [-0.2, -0.15) is 0 Å². The first-order valence-electron chi connectivity index (χ1n) is 6.33. The molecule has 0 aromatic heterocycles. The number of methoxy groups -OCH3 is 1. The summed E-state index contributed by atoms with van der Waals surface area (Å²) in [7, 11) is -2.40. The van der Waals surface area contributed by atoms with E-state index in [0.717, 1.165) is 12.8 Å². The largest absolute Gasteiger partial charge is 0.465 e. The van der Waals surface area contributed by atoms with Crippen molar-refractivity contribution >= 4 is 21.7 Å². The molecule has 110 valence electrons. The van der Waals surface area contributed by atoms with Crippen LogP contribution in [0.1, 0.15) is 30.1 Å². The molecular weight excluding hydrogens is 280 g/mol. The third kappa shape index (κ3) is 2.94. The maximum atomic E-state index is 12.2. The lowest BCUT2D eigenvalue weighted by molar-refractivity contribution is 0.0600. The summed E-state index contributed by atoms with van der Waals surface area (Å²) in [4.78, 5) is 11.3. The minimum absolute atomic E-state index is 0.00953. The van der Waals surface area contributed by atoms with Gasteiger partial charge in [0, 0.05) is 6.04 Å². The number of ether oxygens (including phenoxy) is 1. The van der Waals surface area contributed by atoms with Gasteiger partial charge in [-0.3, -0.25) is 0 Å². The highest BCUT2D eigenvalue weighted by molar-refractivity contribution is 7.89. The zero-order valence-electron chi connectivity index (χ0n) is 11.4. The smallest absolute Gasteiger partial charge is 0.337 e. The standard InChI is InChI=1S/C13H18N2O4S/c1-8-5-10(6-8)15-20(17,18)12-4-3-9(7-11(12)14)13(16)19-2/h3-4,7-8,10,15H,5-6,14H2,1-2H3. The van der Waals surface area contributed by atoms with Crippen LogP contribution in [-0.4, -0.2) is 27.5 Å². The molecule has 0 radical (unpaired) electrons. The van der Waals surface area contributed by atoms with Gasteiger partial charge in [0.05, 0.1) is 18.4 Å². The number of rotatable bonds is 4. The fourth-order valence-electron chi connectivity index (χ4n) is 2.32. The van der Waals surface area contributed by atoms with Crippen molar-refractivity contribution in [2.75, 3.05) is 12.8 Å². The van der Waals surface area contributed by atoms with Crippen LogP contribution in [0, 0.1) is 5.92 Å². The van der Waals surface area contributed by atoms with Gasteiger partial charge in [-0.15, -0.1) is 0 Å². The summed E-state index contributed by atoms with van der Waals surface area (Å²) in [5.41, 5.74) is 5.99. The Morgan fingerprint density at radius 2 is 2.05 bits per heavy atom. The van der Waals surface area contributed by atoms with Crippen molar-refractivity contribution in [3.05, 3.63) is 23.8 Å². The molecule has 7 heteroatoms. The number of sulfonamides is 1. The Balaban J connectivity index is 2.21. The predicted octanol–water partition coefficient (Wildman–Crippen LogP) is 1.13. The third-order valence-corrected chi connectivity index (χ3v) is 5.01. The van der Waals surface area contributed by atoms with Gasteiger partial charge in [0.25, 0.3) is 0 Å². The maximum Gasteiger partial charge on any atom is 0.337 e. The summed E-state index contributed by atoms with van der Waals surface area (Å²) < 4.78 is 31.6. The molecule has 1 saturated carbocycles. The topological polar surface area (TPSA) is 98.5 Å². The van der Waals surface area contributed by atoms with Crippen LogP contribution < -0.4 is 10.5 Å². The maximum absolute atomic E-state index is 12.2. The molecule has 2 rings (SSSR count). The molecule has 20 heavy (non-hydrogen) atoms. The Labute approximate surface area is 118 Å². The Bertz CT molecular complexity index is 621. The lowest BCUT2D eigenvalue weighted by atomic mass is 9.83. The van der Waals surface area contributed by atoms with E-state index in [-0.39, 0.29) is 22.2 Å². The molecule has 0 atom stereocenters. The Morgan fingerprint density at radius 3 is 2.55 bits per heavy atom. The number of anilines is 1. The summed E-state index contributed by atoms with van der Waals surface area (Å²) in [5.74, 6) is -0.0110. The SMILES string of the molecule is COC(=O)c1ccc(S(=O)(=O)NC2CC(C)C2)c(N)c1. The average molecular weight is 298 g/mol. The number of hydrogen-bond acceptors (Lipinski definition) is 5. The molecule has 1 aromatic rings. The Hall–Kier alpha value is -1.60. The molecule has 0 unspecified atom stereocenters. The monoisotopic (exact) mass is 298 g/mol. The Kier molecular flexibility index (Phi) is 4.01. The van der Waals surface area contributed by atoms with Crippen molar-refractivity contribution in [2.24, 2.45) is 5.92 Å². The molecule has 0 spiro atoms. The summed E-state index contributed by atoms with van der Waals surface area (Å²) >= 11 is 0. The average Bonchev–Trinajstić information content (AvgIpc) is 2.35. The molecule has 0 heterocycles. The minimum atomic E-state index is -3.65. The second kappa shape index (κ2) is 5.41. The van der Waals surface area contributed by atoms with Crippen LogP contribution in [0.15, 0.2) is 23.1 Å². The van der Waals surface area contributed by atoms with Crippen LogP contribution in [0.5, 0.6) is 0 Å². The van der Waals surface area contributed by atoms with Crippen molar-refractivity contribution in [2.45, 2.75) is 30.7 Å². The molecule has 0 amide bonds. The number of carbonyl (C=O) groups excluding carboxylic acids is 1. The fraction of sp³-hybridized carbons (Fsp3) is 0.462. The number of nitrogens with two attached hydrogens (primary N) is 1. The van der Waals surface area contributed by atoms with E-state index in [1.165, 1.54) is 25.3 Å². The van der Waals surface area contributed by atoms with Gasteiger partial charge in [-0.05, 0) is 37.0 Å². The molecule has 3 N–H and O–H groups in total. The van der Waals surface area contributed by atoms with E-state index in [1.54, 1.807) is 0 Å². The summed E-state index contributed by atoms with van der Waals surface area (Å²) in [6, 6.07) is 3.99. The van der Waals surface area contributed by atoms with Gasteiger partial charge in [0.1, 0.15) is 4.90 Å². The first kappa shape index (κ1) is 14.8. The highest BCUT2D eigenvalue weighted by Crippen LogP contribution is 2.29. The molecular formula is C13H18N2O4S. The van der Waals surface area contributed by atoms with Crippen molar-refractivity contribution in [3.63, 3.8) is 0 Å². The highest BCUT2D eigenvalue weighted by Gasteiger charge is 2.30. The number of esters is 1. The minimum Gasteiger partial charge on any atom is -0.465 e. The normalized spacial score (nSPS) is 22.1. The van der Waals surface area contributed by atoms with Gasteiger partial charge < -0.3 is 10.5 Å². The van der Waals surface area contributed by atoms with Crippen LogP contribution in [0.2, 0.25) is 0 Å². The van der Waals surface area contributed by atoms with Crippen LogP contribution in [0.4, 0.5) is 5.69 Å². The molecule has 1 aliphatic rings. The summed E-state index contributed by atoms with van der Waals surface area (Å²) in [5, 5.41) is 0. The van der Waals surface area contributed by atoms with Crippen molar-refractivity contribution in [1.29, 1.82) is 0 Å². The van der Waals surface area contributed by atoms with E-state index in [4.69, 9.17) is 5.73 Å². The first-order chi connectivity index (χ1) is 9.33. The zero-order chi connectivity index (χ0) is 14.9. The molecule has 6 nitrogen and oxygen atoms in total. The van der Waals surface area contributed by atoms with E-state index in [9.17, 15) is 13.2 Å². The lowest BCUT2D eigenvalue weighted by Gasteiger charge is -2.33. The van der Waals surface area contributed by atoms with Gasteiger partial charge in [-0.1, -0.05) is 6.92 Å². The molecule has 0 aliphatic heterocycles. The second-order valence-electron chi connectivity index (χ2n) is 5.14. The number of nitrogens with one attached hydrogen (secondary N) is 1. The van der Waals surface area contributed by atoms with Gasteiger partial charge in [-0.25, -0.2) is 17.9 Å². The first-order valence-corrected chi connectivity index (χ1v) is 7.82. The second-order valence-corrected chi connectivity index (χ2v) is 6.82. The van der Waals surface area contributed by atoms with Gasteiger partial charge >= 0.3 is 5.97 Å². The number of carbonyl (C=O) groups is 1. The molecule has 0 bridgehead atoms. The van der Waals surface area contributed by atoms with Crippen LogP contribution in [-0.2, 0) is 14.8 Å². The highest BCUT2D eigenvalue weighted by atomic mass is 32.2. The number of benzene rings is 1. The molecule has 0 saturated heterocycles.